The summed E-state index contributed by atoms with van der Waals surface area (Å²) in [7, 11) is 0. The molecule has 0 bridgehead atoms. The molecule has 0 radical (unpaired) electrons. The first-order chi connectivity index (χ1) is 11.2. The van der Waals surface area contributed by atoms with Crippen LogP contribution >= 0.6 is 23.2 Å². The van der Waals surface area contributed by atoms with Crippen LogP contribution in [0.5, 0.6) is 0 Å². The molecule has 0 saturated heterocycles. The molecule has 24 heavy (non-hydrogen) atoms. The monoisotopic (exact) mass is 380 g/mol. The highest BCUT2D eigenvalue weighted by atomic mass is 35.5. The largest absolute Gasteiger partial charge is 0.460 e. The molecule has 0 spiro atoms. The Kier molecular flexibility index (Phi) is 6.15. The second-order valence-electron chi connectivity index (χ2n) is 4.89. The predicted octanol–water partition coefficient (Wildman–Crippen LogP) is 4.02. The van der Waals surface area contributed by atoms with Gasteiger partial charge in [-0.05, 0) is 30.3 Å². The van der Waals surface area contributed by atoms with Crippen molar-refractivity contribution in [1.82, 2.24) is 10.6 Å². The summed E-state index contributed by atoms with van der Waals surface area (Å²) < 4.78 is 41.4. The van der Waals surface area contributed by atoms with E-state index in [0.717, 1.165) is 5.56 Å². The van der Waals surface area contributed by atoms with Gasteiger partial charge < -0.3 is 15.1 Å². The highest BCUT2D eigenvalue weighted by Gasteiger charge is 2.27. The molecule has 9 heteroatoms. The number of carbonyl (C=O) groups excluding carboxylic acids is 1. The molecule has 0 aliphatic rings. The van der Waals surface area contributed by atoms with Gasteiger partial charge in [0.05, 0.1) is 23.1 Å². The van der Waals surface area contributed by atoms with E-state index in [2.05, 4.69) is 5.32 Å². The number of carbonyl (C=O) groups is 1. The molecule has 2 rings (SSSR count). The number of hydrogen-bond acceptors (Lipinski definition) is 3. The standard InChI is InChI=1S/C15H13Cl2F3N2O2/c16-11-3-1-9(5-12(11)17)13-4-2-10(24-13)6-21-7-14(23)22-8-15(18,19)20/h1-5,21H,6-8H2,(H,22,23). The molecule has 4 nitrogen and oxygen atoms in total. The molecule has 1 heterocycles. The molecule has 2 aromatic rings. The molecule has 0 saturated carbocycles. The Morgan fingerprint density at radius 2 is 1.88 bits per heavy atom. The highest BCUT2D eigenvalue weighted by molar-refractivity contribution is 6.42. The lowest BCUT2D eigenvalue weighted by Crippen LogP contribution is -2.39. The smallest absolute Gasteiger partial charge is 0.405 e. The molecule has 0 fully saturated rings. The Morgan fingerprint density at radius 3 is 2.54 bits per heavy atom. The number of rotatable bonds is 6. The lowest BCUT2D eigenvalue weighted by atomic mass is 10.2. The van der Waals surface area contributed by atoms with E-state index in [-0.39, 0.29) is 13.1 Å². The second-order valence-corrected chi connectivity index (χ2v) is 5.70. The quantitative estimate of drug-likeness (QED) is 0.795. The first kappa shape index (κ1) is 18.6. The van der Waals surface area contributed by atoms with Crippen molar-refractivity contribution < 1.29 is 22.4 Å². The molecule has 0 aliphatic carbocycles. The maximum Gasteiger partial charge on any atom is 0.405 e. The van der Waals surface area contributed by atoms with Crippen molar-refractivity contribution in [1.29, 1.82) is 0 Å². The molecule has 1 aromatic heterocycles. The SMILES string of the molecule is O=C(CNCc1ccc(-c2ccc(Cl)c(Cl)c2)o1)NCC(F)(F)F. The number of hydrogen-bond donors (Lipinski definition) is 2. The zero-order chi connectivity index (χ0) is 17.7. The molecule has 130 valence electrons. The van der Waals surface area contributed by atoms with Gasteiger partial charge in [0.2, 0.25) is 5.91 Å². The van der Waals surface area contributed by atoms with Crippen molar-refractivity contribution in [2.45, 2.75) is 12.7 Å². The van der Waals surface area contributed by atoms with Crippen LogP contribution in [0.3, 0.4) is 0 Å². The van der Waals surface area contributed by atoms with E-state index in [0.29, 0.717) is 21.6 Å². The summed E-state index contributed by atoms with van der Waals surface area (Å²) in [5.41, 5.74) is 0.735. The third-order valence-corrected chi connectivity index (χ3v) is 3.68. The number of furan rings is 1. The van der Waals surface area contributed by atoms with Crippen molar-refractivity contribution >= 4 is 29.1 Å². The van der Waals surface area contributed by atoms with Crippen molar-refractivity contribution in [2.75, 3.05) is 13.1 Å². The Morgan fingerprint density at radius 1 is 1.12 bits per heavy atom. The summed E-state index contributed by atoms with van der Waals surface area (Å²) in [5.74, 6) is 0.343. The zero-order valence-corrected chi connectivity index (χ0v) is 13.7. The molecule has 2 N–H and O–H groups in total. The van der Waals surface area contributed by atoms with Crippen LogP contribution in [0, 0.1) is 0 Å². The van der Waals surface area contributed by atoms with Gasteiger partial charge in [-0.2, -0.15) is 13.2 Å². The highest BCUT2D eigenvalue weighted by Crippen LogP contribution is 2.29. The Hall–Kier alpha value is -1.70. The van der Waals surface area contributed by atoms with Gasteiger partial charge in [0.25, 0.3) is 0 Å². The lowest BCUT2D eigenvalue weighted by molar-refractivity contribution is -0.137. The first-order valence-corrected chi connectivity index (χ1v) is 7.58. The molecule has 0 unspecified atom stereocenters. The van der Waals surface area contributed by atoms with E-state index in [1.807, 2.05) is 0 Å². The fourth-order valence-electron chi connectivity index (χ4n) is 1.84. The molecule has 0 aliphatic heterocycles. The average molecular weight is 381 g/mol. The fourth-order valence-corrected chi connectivity index (χ4v) is 2.14. The molecule has 0 atom stereocenters. The average Bonchev–Trinajstić information content (AvgIpc) is 2.96. The number of amides is 1. The van der Waals surface area contributed by atoms with Gasteiger partial charge in [-0.1, -0.05) is 23.2 Å². The molecule has 1 aromatic carbocycles. The van der Waals surface area contributed by atoms with Crippen molar-refractivity contribution in [3.8, 4) is 11.3 Å². The van der Waals surface area contributed by atoms with Crippen molar-refractivity contribution in [2.24, 2.45) is 0 Å². The van der Waals surface area contributed by atoms with Gasteiger partial charge in [0.1, 0.15) is 18.1 Å². The summed E-state index contributed by atoms with van der Waals surface area (Å²) >= 11 is 11.8. The number of alkyl halides is 3. The van der Waals surface area contributed by atoms with Gasteiger partial charge in [0.15, 0.2) is 0 Å². The van der Waals surface area contributed by atoms with Gasteiger partial charge in [0, 0.05) is 5.56 Å². The lowest BCUT2D eigenvalue weighted by Gasteiger charge is -2.08. The van der Waals surface area contributed by atoms with Gasteiger partial charge in [-0.25, -0.2) is 0 Å². The summed E-state index contributed by atoms with van der Waals surface area (Å²) in [6.07, 6.45) is -4.43. The summed E-state index contributed by atoms with van der Waals surface area (Å²) in [6, 6.07) is 8.46. The Bertz CT molecular complexity index is 717. The van der Waals surface area contributed by atoms with Gasteiger partial charge >= 0.3 is 6.18 Å². The van der Waals surface area contributed by atoms with Crippen LogP contribution in [-0.2, 0) is 11.3 Å². The normalized spacial score (nSPS) is 11.5. The first-order valence-electron chi connectivity index (χ1n) is 6.83. The van der Waals surface area contributed by atoms with E-state index in [1.165, 1.54) is 0 Å². The number of halogens is 5. The fraction of sp³-hybridized carbons (Fsp3) is 0.267. The van der Waals surface area contributed by atoms with E-state index in [1.54, 1.807) is 35.6 Å². The summed E-state index contributed by atoms with van der Waals surface area (Å²) in [6.45, 7) is -1.41. The van der Waals surface area contributed by atoms with Crippen LogP contribution in [0.15, 0.2) is 34.7 Å². The molecular formula is C15H13Cl2F3N2O2. The minimum atomic E-state index is -4.43. The number of benzene rings is 1. The Labute approximate surface area is 145 Å². The third-order valence-electron chi connectivity index (χ3n) is 2.94. The van der Waals surface area contributed by atoms with E-state index in [4.69, 9.17) is 27.6 Å². The maximum absolute atomic E-state index is 12.0. The maximum atomic E-state index is 12.0. The van der Waals surface area contributed by atoms with E-state index < -0.39 is 18.6 Å². The topological polar surface area (TPSA) is 54.3 Å². The minimum Gasteiger partial charge on any atom is -0.460 e. The van der Waals surface area contributed by atoms with Crippen LogP contribution in [0.1, 0.15) is 5.76 Å². The van der Waals surface area contributed by atoms with E-state index >= 15 is 0 Å². The zero-order valence-electron chi connectivity index (χ0n) is 12.2. The van der Waals surface area contributed by atoms with Crippen molar-refractivity contribution in [3.63, 3.8) is 0 Å². The Balaban J connectivity index is 1.83. The summed E-state index contributed by atoms with van der Waals surface area (Å²) in [5, 5.41) is 5.29. The van der Waals surface area contributed by atoms with Gasteiger partial charge in [-0.15, -0.1) is 0 Å². The van der Waals surface area contributed by atoms with Crippen LogP contribution in [0.2, 0.25) is 10.0 Å². The molecule has 1 amide bonds. The van der Waals surface area contributed by atoms with Crippen LogP contribution in [0.25, 0.3) is 11.3 Å². The minimum absolute atomic E-state index is 0.195. The van der Waals surface area contributed by atoms with Crippen molar-refractivity contribution in [3.05, 3.63) is 46.1 Å². The summed E-state index contributed by atoms with van der Waals surface area (Å²) in [4.78, 5) is 11.2. The van der Waals surface area contributed by atoms with Crippen LogP contribution < -0.4 is 10.6 Å². The van der Waals surface area contributed by atoms with E-state index in [9.17, 15) is 18.0 Å². The third kappa shape index (κ3) is 5.74. The number of nitrogens with one attached hydrogen (secondary N) is 2. The predicted molar refractivity (Wildman–Crippen MR) is 84.9 cm³/mol. The van der Waals surface area contributed by atoms with Crippen LogP contribution in [-0.4, -0.2) is 25.2 Å². The van der Waals surface area contributed by atoms with Gasteiger partial charge in [-0.3, -0.25) is 4.79 Å². The second kappa shape index (κ2) is 7.92. The molecular weight excluding hydrogens is 368 g/mol. The van der Waals surface area contributed by atoms with Crippen LogP contribution in [0.4, 0.5) is 13.2 Å².